The number of nitrogens with two attached hydrogens (primary N) is 2. The first-order chi connectivity index (χ1) is 14.1. The molecule has 0 bridgehead atoms. The fraction of sp³-hybridized carbons (Fsp3) is 0.625. The smallest absolute Gasteiger partial charge is 0.369 e. The molecule has 0 unspecified atom stereocenters. The summed E-state index contributed by atoms with van der Waals surface area (Å²) in [6, 6.07) is 2.08. The van der Waals surface area contributed by atoms with Crippen LogP contribution in [0.3, 0.4) is 0 Å². The van der Waals surface area contributed by atoms with Crippen LogP contribution in [0.4, 0.5) is 18.9 Å². The highest BCUT2D eigenvalue weighted by Crippen LogP contribution is 2.41. The third-order valence-corrected chi connectivity index (χ3v) is 6.20. The van der Waals surface area contributed by atoms with Crippen LogP contribution >= 0.6 is 0 Å². The van der Waals surface area contributed by atoms with Gasteiger partial charge in [-0.05, 0) is 38.1 Å². The first-order valence-corrected chi connectivity index (χ1v) is 11.1. The number of rotatable bonds is 7. The third kappa shape index (κ3) is 5.20. The van der Waals surface area contributed by atoms with Crippen LogP contribution in [0.5, 0.6) is 0 Å². The van der Waals surface area contributed by atoms with Gasteiger partial charge in [-0.2, -0.15) is 24.2 Å². The highest BCUT2D eigenvalue weighted by Gasteiger charge is 2.41. The van der Waals surface area contributed by atoms with E-state index in [9.17, 15) is 21.6 Å². The Bertz CT molecular complexity index is 838. The summed E-state index contributed by atoms with van der Waals surface area (Å²) in [7, 11) is -4.68. The lowest BCUT2D eigenvalue weighted by atomic mass is 10.0. The molecule has 2 fully saturated rings. The molecule has 2 aliphatic rings. The van der Waals surface area contributed by atoms with Gasteiger partial charge in [0.15, 0.2) is 0 Å². The van der Waals surface area contributed by atoms with Gasteiger partial charge in [0.1, 0.15) is 11.1 Å². The second-order valence-corrected chi connectivity index (χ2v) is 8.71. The Balaban J connectivity index is 1.97. The minimum absolute atomic E-state index is 0.0820. The number of benzene rings is 1. The molecule has 2 heterocycles. The number of hydrogen-bond acceptors (Lipinski definition) is 9. The van der Waals surface area contributed by atoms with Crippen molar-refractivity contribution in [3.05, 3.63) is 23.3 Å². The standard InChI is InChI=1S/C16H27F3N8O2S/c17-16(18,19)11-3-4-12(27-9-7-26(8-10-27)6-2-1-5-20)13(14(11)30(21,28)29)15-22-24-25-23-15/h3-4,15,22-25H,1-2,5-10,20H2,(H2,21,28,29). The number of hydrazine groups is 3. The van der Waals surface area contributed by atoms with E-state index in [2.05, 4.69) is 26.8 Å². The van der Waals surface area contributed by atoms with Crippen molar-refractivity contribution in [2.75, 3.05) is 44.2 Å². The fourth-order valence-electron chi connectivity index (χ4n) is 3.76. The number of sulfonamides is 1. The van der Waals surface area contributed by atoms with Crippen LogP contribution in [0, 0.1) is 0 Å². The van der Waals surface area contributed by atoms with Crippen molar-refractivity contribution in [1.82, 2.24) is 26.8 Å². The Morgan fingerprint density at radius 3 is 2.23 bits per heavy atom. The minimum Gasteiger partial charge on any atom is -0.369 e. The average molecular weight is 453 g/mol. The maximum absolute atomic E-state index is 13.6. The number of nitrogens with zero attached hydrogens (tertiary/aromatic N) is 2. The van der Waals surface area contributed by atoms with Gasteiger partial charge in [0.2, 0.25) is 10.0 Å². The van der Waals surface area contributed by atoms with Gasteiger partial charge in [-0.1, -0.05) is 0 Å². The second-order valence-electron chi connectivity index (χ2n) is 7.21. The maximum atomic E-state index is 13.6. The molecule has 2 saturated heterocycles. The van der Waals surface area contributed by atoms with Crippen molar-refractivity contribution in [2.24, 2.45) is 10.9 Å². The topological polar surface area (TPSA) is 141 Å². The van der Waals surface area contributed by atoms with Crippen molar-refractivity contribution < 1.29 is 21.6 Å². The monoisotopic (exact) mass is 452 g/mol. The maximum Gasteiger partial charge on any atom is 0.417 e. The molecule has 3 rings (SSSR count). The second kappa shape index (κ2) is 9.32. The molecule has 14 heteroatoms. The number of anilines is 1. The third-order valence-electron chi connectivity index (χ3n) is 5.19. The van der Waals surface area contributed by atoms with E-state index in [-0.39, 0.29) is 5.56 Å². The first-order valence-electron chi connectivity index (χ1n) is 9.58. The van der Waals surface area contributed by atoms with E-state index in [1.807, 2.05) is 4.90 Å². The summed E-state index contributed by atoms with van der Waals surface area (Å²) in [6.07, 6.45) is -3.92. The lowest BCUT2D eigenvalue weighted by Gasteiger charge is -2.38. The summed E-state index contributed by atoms with van der Waals surface area (Å²) in [5.74, 6) is 0. The Morgan fingerprint density at radius 2 is 1.70 bits per heavy atom. The van der Waals surface area contributed by atoms with Crippen LogP contribution < -0.4 is 37.7 Å². The SMILES string of the molecule is NCCCCN1CCN(c2ccc(C(F)(F)F)c(S(N)(=O)=O)c2C2NNNN2)CC1. The largest absolute Gasteiger partial charge is 0.417 e. The van der Waals surface area contributed by atoms with E-state index in [1.165, 1.54) is 6.07 Å². The summed E-state index contributed by atoms with van der Waals surface area (Å²) in [5, 5.41) is 5.25. The molecular weight excluding hydrogens is 425 g/mol. The number of unbranched alkanes of at least 4 members (excludes halogenated alkanes) is 1. The molecule has 170 valence electrons. The van der Waals surface area contributed by atoms with Gasteiger partial charge in [0.05, 0.1) is 5.56 Å². The molecule has 0 amide bonds. The molecular formula is C16H27F3N8O2S. The molecule has 0 aromatic heterocycles. The first kappa shape index (κ1) is 23.1. The molecule has 0 aliphatic carbocycles. The molecule has 1 aromatic rings. The molecule has 0 spiro atoms. The van der Waals surface area contributed by atoms with Crippen molar-refractivity contribution in [3.63, 3.8) is 0 Å². The zero-order valence-electron chi connectivity index (χ0n) is 16.3. The van der Waals surface area contributed by atoms with Crippen LogP contribution in [0.2, 0.25) is 0 Å². The lowest BCUT2D eigenvalue weighted by molar-refractivity contribution is -0.140. The van der Waals surface area contributed by atoms with Crippen molar-refractivity contribution >= 4 is 15.7 Å². The Morgan fingerprint density at radius 1 is 1.07 bits per heavy atom. The van der Waals surface area contributed by atoms with E-state index in [4.69, 9.17) is 10.9 Å². The Kier molecular flexibility index (Phi) is 7.19. The zero-order valence-corrected chi connectivity index (χ0v) is 17.1. The zero-order chi connectivity index (χ0) is 21.9. The van der Waals surface area contributed by atoms with Gasteiger partial charge in [-0.15, -0.1) is 0 Å². The van der Waals surface area contributed by atoms with Gasteiger partial charge in [0.25, 0.3) is 0 Å². The summed E-state index contributed by atoms with van der Waals surface area (Å²) in [6.45, 7) is 4.02. The van der Waals surface area contributed by atoms with Crippen LogP contribution in [0.25, 0.3) is 0 Å². The van der Waals surface area contributed by atoms with Gasteiger partial charge in [-0.3, -0.25) is 4.90 Å². The Labute approximate surface area is 173 Å². The summed E-state index contributed by atoms with van der Waals surface area (Å²) >= 11 is 0. The quantitative estimate of drug-likeness (QED) is 0.297. The summed E-state index contributed by atoms with van der Waals surface area (Å²) in [4.78, 5) is 3.20. The number of halogens is 3. The molecule has 2 aliphatic heterocycles. The van der Waals surface area contributed by atoms with Crippen LogP contribution in [-0.2, 0) is 16.2 Å². The predicted molar refractivity (Wildman–Crippen MR) is 105 cm³/mol. The van der Waals surface area contributed by atoms with Crippen molar-refractivity contribution in [1.29, 1.82) is 0 Å². The van der Waals surface area contributed by atoms with E-state index >= 15 is 0 Å². The van der Waals surface area contributed by atoms with Gasteiger partial charge in [-0.25, -0.2) is 24.4 Å². The normalized spacial score (nSPS) is 19.6. The van der Waals surface area contributed by atoms with Gasteiger partial charge < -0.3 is 10.6 Å². The average Bonchev–Trinajstić information content (AvgIpc) is 3.21. The predicted octanol–water partition coefficient (Wildman–Crippen LogP) is -0.671. The lowest BCUT2D eigenvalue weighted by Crippen LogP contribution is -2.47. The number of alkyl halides is 3. The Hall–Kier alpha value is -1.52. The molecule has 8 N–H and O–H groups in total. The number of hydrogen-bond donors (Lipinski definition) is 6. The molecule has 0 saturated carbocycles. The highest BCUT2D eigenvalue weighted by molar-refractivity contribution is 7.89. The highest BCUT2D eigenvalue weighted by atomic mass is 32.2. The molecule has 0 radical (unpaired) electrons. The van der Waals surface area contributed by atoms with E-state index in [1.54, 1.807) is 0 Å². The molecule has 10 nitrogen and oxygen atoms in total. The van der Waals surface area contributed by atoms with Crippen molar-refractivity contribution in [2.45, 2.75) is 30.1 Å². The van der Waals surface area contributed by atoms with Crippen LogP contribution in [0.15, 0.2) is 17.0 Å². The molecule has 30 heavy (non-hydrogen) atoms. The molecule has 0 atom stereocenters. The van der Waals surface area contributed by atoms with E-state index in [0.29, 0.717) is 38.4 Å². The number of piperazine rings is 1. The van der Waals surface area contributed by atoms with Gasteiger partial charge in [0, 0.05) is 37.4 Å². The van der Waals surface area contributed by atoms with Crippen molar-refractivity contribution in [3.8, 4) is 0 Å². The summed E-state index contributed by atoms with van der Waals surface area (Å²) in [5.41, 5.74) is 14.9. The number of nitrogens with one attached hydrogen (secondary N) is 4. The minimum atomic E-state index is -4.88. The summed E-state index contributed by atoms with van der Waals surface area (Å²) < 4.78 is 65.3. The fourth-order valence-corrected chi connectivity index (χ4v) is 4.78. The van der Waals surface area contributed by atoms with Gasteiger partial charge >= 0.3 is 6.18 Å². The van der Waals surface area contributed by atoms with Crippen LogP contribution in [0.1, 0.15) is 30.1 Å². The van der Waals surface area contributed by atoms with E-state index in [0.717, 1.165) is 25.5 Å². The number of primary sulfonamides is 1. The van der Waals surface area contributed by atoms with Crippen LogP contribution in [-0.4, -0.2) is 52.6 Å². The molecule has 1 aromatic carbocycles. The van der Waals surface area contributed by atoms with E-state index < -0.39 is 32.8 Å².